The van der Waals surface area contributed by atoms with Gasteiger partial charge in [-0.25, -0.2) is 0 Å². The second-order valence-corrected chi connectivity index (χ2v) is 2.77. The monoisotopic (exact) mass is 167 g/mol. The molecule has 1 aromatic carbocycles. The first kappa shape index (κ1) is 9.19. The molecule has 0 aromatic heterocycles. The van der Waals surface area contributed by atoms with Gasteiger partial charge in [0.25, 0.3) is 0 Å². The minimum absolute atomic E-state index is 0.485. The molecule has 1 rings (SSSR count). The Hall–Kier alpha value is -0.900. The molecule has 0 saturated heterocycles. The van der Waals surface area contributed by atoms with Gasteiger partial charge < -0.3 is 15.9 Å². The topological polar surface area (TPSA) is 66.5 Å². The van der Waals surface area contributed by atoms with Crippen molar-refractivity contribution in [3.8, 4) is 0 Å². The van der Waals surface area contributed by atoms with E-state index in [1.807, 2.05) is 30.3 Å². The van der Waals surface area contributed by atoms with Crippen LogP contribution in [0, 0.1) is 0 Å². The lowest BCUT2D eigenvalue weighted by Crippen LogP contribution is -2.36. The molecule has 0 bridgehead atoms. The standard InChI is InChI=1S/C9H13NO2/c10-8(9(11)12)6-7-4-2-1-3-5-7/h1-5,8-9,11-12H,6,10H2/t8-/m1/s1. The van der Waals surface area contributed by atoms with Crippen LogP contribution in [-0.2, 0) is 6.42 Å². The number of aliphatic hydroxyl groups is 2. The van der Waals surface area contributed by atoms with Crippen LogP contribution in [0.2, 0.25) is 0 Å². The van der Waals surface area contributed by atoms with E-state index in [0.717, 1.165) is 5.56 Å². The minimum atomic E-state index is -1.44. The average molecular weight is 167 g/mol. The summed E-state index contributed by atoms with van der Waals surface area (Å²) in [6.45, 7) is 0. The van der Waals surface area contributed by atoms with Crippen LogP contribution in [0.15, 0.2) is 30.3 Å². The molecule has 0 aliphatic carbocycles. The highest BCUT2D eigenvalue weighted by Crippen LogP contribution is 2.02. The zero-order chi connectivity index (χ0) is 8.97. The Morgan fingerprint density at radius 2 is 1.75 bits per heavy atom. The van der Waals surface area contributed by atoms with Crippen LogP contribution in [0.5, 0.6) is 0 Å². The summed E-state index contributed by atoms with van der Waals surface area (Å²) in [6, 6.07) is 8.90. The summed E-state index contributed by atoms with van der Waals surface area (Å²) in [6.07, 6.45) is -0.955. The molecule has 0 saturated carbocycles. The Balaban J connectivity index is 2.53. The molecule has 1 atom stereocenters. The van der Waals surface area contributed by atoms with E-state index in [0.29, 0.717) is 6.42 Å². The first-order chi connectivity index (χ1) is 5.70. The third-order valence-corrected chi connectivity index (χ3v) is 1.70. The molecule has 3 heteroatoms. The maximum Gasteiger partial charge on any atom is 0.167 e. The summed E-state index contributed by atoms with van der Waals surface area (Å²) in [5, 5.41) is 17.4. The van der Waals surface area contributed by atoms with Gasteiger partial charge in [0.1, 0.15) is 0 Å². The smallest absolute Gasteiger partial charge is 0.167 e. The van der Waals surface area contributed by atoms with E-state index >= 15 is 0 Å². The van der Waals surface area contributed by atoms with E-state index < -0.39 is 12.3 Å². The molecule has 1 aromatic rings. The van der Waals surface area contributed by atoms with Gasteiger partial charge in [-0.3, -0.25) is 0 Å². The zero-order valence-electron chi connectivity index (χ0n) is 6.72. The van der Waals surface area contributed by atoms with E-state index in [-0.39, 0.29) is 0 Å². The summed E-state index contributed by atoms with van der Waals surface area (Å²) >= 11 is 0. The Kier molecular flexibility index (Phi) is 3.22. The molecular formula is C9H13NO2. The van der Waals surface area contributed by atoms with Crippen LogP contribution in [0.1, 0.15) is 5.56 Å². The number of aliphatic hydroxyl groups excluding tert-OH is 1. The molecule has 12 heavy (non-hydrogen) atoms. The van der Waals surface area contributed by atoms with Crippen LogP contribution in [-0.4, -0.2) is 22.5 Å². The van der Waals surface area contributed by atoms with E-state index in [1.165, 1.54) is 0 Å². The molecule has 0 spiro atoms. The Bertz CT molecular complexity index is 223. The van der Waals surface area contributed by atoms with Crippen molar-refractivity contribution in [2.45, 2.75) is 18.8 Å². The average Bonchev–Trinajstić information content (AvgIpc) is 2.06. The van der Waals surface area contributed by atoms with Gasteiger partial charge in [0, 0.05) is 0 Å². The highest BCUT2D eigenvalue weighted by Gasteiger charge is 2.10. The summed E-state index contributed by atoms with van der Waals surface area (Å²) in [7, 11) is 0. The van der Waals surface area contributed by atoms with E-state index in [4.69, 9.17) is 15.9 Å². The summed E-state index contributed by atoms with van der Waals surface area (Å²) in [5.41, 5.74) is 6.46. The van der Waals surface area contributed by atoms with Gasteiger partial charge >= 0.3 is 0 Å². The number of benzene rings is 1. The van der Waals surface area contributed by atoms with Gasteiger partial charge in [-0.15, -0.1) is 0 Å². The molecule has 0 aliphatic rings. The molecule has 0 aliphatic heterocycles. The minimum Gasteiger partial charge on any atom is -0.367 e. The largest absolute Gasteiger partial charge is 0.367 e. The van der Waals surface area contributed by atoms with Gasteiger partial charge in [-0.05, 0) is 12.0 Å². The molecule has 3 nitrogen and oxygen atoms in total. The highest BCUT2D eigenvalue weighted by atomic mass is 16.5. The third kappa shape index (κ3) is 2.62. The quantitative estimate of drug-likeness (QED) is 0.549. The lowest BCUT2D eigenvalue weighted by atomic mass is 10.1. The van der Waals surface area contributed by atoms with Gasteiger partial charge in [-0.2, -0.15) is 0 Å². The van der Waals surface area contributed by atoms with Gasteiger partial charge in [0.15, 0.2) is 6.29 Å². The Morgan fingerprint density at radius 3 is 2.25 bits per heavy atom. The SMILES string of the molecule is N[C@H](Cc1ccccc1)C(O)O. The Labute approximate surface area is 71.5 Å². The molecule has 0 unspecified atom stereocenters. The zero-order valence-corrected chi connectivity index (χ0v) is 6.72. The number of nitrogens with two attached hydrogens (primary N) is 1. The van der Waals surface area contributed by atoms with Crippen molar-refractivity contribution < 1.29 is 10.2 Å². The van der Waals surface area contributed by atoms with Crippen molar-refractivity contribution in [3.05, 3.63) is 35.9 Å². The van der Waals surface area contributed by atoms with Crippen LogP contribution in [0.25, 0.3) is 0 Å². The maximum absolute atomic E-state index is 8.71. The first-order valence-corrected chi connectivity index (χ1v) is 3.86. The molecule has 0 radical (unpaired) electrons. The predicted molar refractivity (Wildman–Crippen MR) is 46.3 cm³/mol. The van der Waals surface area contributed by atoms with E-state index in [9.17, 15) is 0 Å². The number of hydrogen-bond acceptors (Lipinski definition) is 3. The second kappa shape index (κ2) is 4.21. The van der Waals surface area contributed by atoms with E-state index in [2.05, 4.69) is 0 Å². The van der Waals surface area contributed by atoms with E-state index in [1.54, 1.807) is 0 Å². The summed E-state index contributed by atoms with van der Waals surface area (Å²) < 4.78 is 0. The maximum atomic E-state index is 8.71. The fourth-order valence-electron chi connectivity index (χ4n) is 0.992. The number of hydrogen-bond donors (Lipinski definition) is 3. The summed E-state index contributed by atoms with van der Waals surface area (Å²) in [4.78, 5) is 0. The van der Waals surface area contributed by atoms with Gasteiger partial charge in [0.05, 0.1) is 6.04 Å². The molecule has 66 valence electrons. The molecule has 0 fully saturated rings. The Morgan fingerprint density at radius 1 is 1.17 bits per heavy atom. The third-order valence-electron chi connectivity index (χ3n) is 1.70. The van der Waals surface area contributed by atoms with Crippen LogP contribution >= 0.6 is 0 Å². The molecule has 4 N–H and O–H groups in total. The fraction of sp³-hybridized carbons (Fsp3) is 0.333. The normalized spacial score (nSPS) is 13.3. The van der Waals surface area contributed by atoms with Crippen molar-refractivity contribution in [1.82, 2.24) is 0 Å². The molecule has 0 amide bonds. The van der Waals surface area contributed by atoms with Crippen molar-refractivity contribution in [2.24, 2.45) is 5.73 Å². The molecular weight excluding hydrogens is 154 g/mol. The predicted octanol–water partition coefficient (Wildman–Crippen LogP) is -0.133. The van der Waals surface area contributed by atoms with Gasteiger partial charge in [0.2, 0.25) is 0 Å². The van der Waals surface area contributed by atoms with Crippen LogP contribution < -0.4 is 5.73 Å². The fourth-order valence-corrected chi connectivity index (χ4v) is 0.992. The summed E-state index contributed by atoms with van der Waals surface area (Å²) in [5.74, 6) is 0. The van der Waals surface area contributed by atoms with Crippen molar-refractivity contribution in [2.75, 3.05) is 0 Å². The first-order valence-electron chi connectivity index (χ1n) is 3.86. The highest BCUT2D eigenvalue weighted by molar-refractivity contribution is 5.15. The van der Waals surface area contributed by atoms with Crippen LogP contribution in [0.3, 0.4) is 0 Å². The van der Waals surface area contributed by atoms with Crippen molar-refractivity contribution in [1.29, 1.82) is 0 Å². The van der Waals surface area contributed by atoms with Gasteiger partial charge in [-0.1, -0.05) is 30.3 Å². The number of rotatable bonds is 3. The second-order valence-electron chi connectivity index (χ2n) is 2.77. The lowest BCUT2D eigenvalue weighted by Gasteiger charge is -2.12. The van der Waals surface area contributed by atoms with Crippen molar-refractivity contribution >= 4 is 0 Å². The molecule has 0 heterocycles. The van der Waals surface area contributed by atoms with Crippen molar-refractivity contribution in [3.63, 3.8) is 0 Å². The lowest BCUT2D eigenvalue weighted by molar-refractivity contribution is -0.0577. The van der Waals surface area contributed by atoms with Crippen LogP contribution in [0.4, 0.5) is 0 Å².